The van der Waals surface area contributed by atoms with E-state index in [0.29, 0.717) is 22.6 Å². The number of nitrogen functional groups attached to an aromatic ring is 1. The van der Waals surface area contributed by atoms with E-state index < -0.39 is 11.9 Å². The molecule has 0 saturated heterocycles. The van der Waals surface area contributed by atoms with Gasteiger partial charge in [-0.3, -0.25) is 14.5 Å². The van der Waals surface area contributed by atoms with Crippen LogP contribution in [0.15, 0.2) is 59.4 Å². The minimum Gasteiger partial charge on any atom is -0.398 e. The first-order valence-electron chi connectivity index (χ1n) is 11.1. The molecule has 1 atom stereocenters. The van der Waals surface area contributed by atoms with Gasteiger partial charge in [0.15, 0.2) is 0 Å². The second-order valence-corrected chi connectivity index (χ2v) is 8.99. The van der Waals surface area contributed by atoms with Gasteiger partial charge in [-0.25, -0.2) is 9.37 Å². The topological polar surface area (TPSA) is 88.3 Å². The molecular formula is C25H27FN4O2S. The number of carbonyl (C=O) groups excluding carboxylic acids is 2. The molecule has 0 radical (unpaired) electrons. The molecule has 0 aliphatic heterocycles. The summed E-state index contributed by atoms with van der Waals surface area (Å²) in [6, 6.07) is 11.7. The summed E-state index contributed by atoms with van der Waals surface area (Å²) >= 11 is 1.39. The van der Waals surface area contributed by atoms with E-state index in [1.54, 1.807) is 41.2 Å². The summed E-state index contributed by atoms with van der Waals surface area (Å²) in [6.45, 7) is 0. The fourth-order valence-corrected chi connectivity index (χ4v) is 4.87. The Morgan fingerprint density at radius 3 is 2.64 bits per heavy atom. The molecule has 6 nitrogen and oxygen atoms in total. The fraction of sp³-hybridized carbons (Fsp3) is 0.320. The molecule has 8 heteroatoms. The van der Waals surface area contributed by atoms with Crippen LogP contribution in [0.2, 0.25) is 0 Å². The van der Waals surface area contributed by atoms with E-state index in [9.17, 15) is 14.0 Å². The van der Waals surface area contributed by atoms with E-state index in [2.05, 4.69) is 10.3 Å². The maximum absolute atomic E-state index is 14.2. The van der Waals surface area contributed by atoms with E-state index in [-0.39, 0.29) is 24.3 Å². The number of nitrogens with one attached hydrogen (secondary N) is 1. The minimum atomic E-state index is -1.04. The summed E-state index contributed by atoms with van der Waals surface area (Å²) in [7, 11) is 0. The summed E-state index contributed by atoms with van der Waals surface area (Å²) in [5.41, 5.74) is 9.71. The zero-order chi connectivity index (χ0) is 23.2. The van der Waals surface area contributed by atoms with Gasteiger partial charge in [0.05, 0.1) is 17.6 Å². The zero-order valence-corrected chi connectivity index (χ0v) is 19.1. The average molecular weight is 467 g/mol. The molecule has 4 rings (SSSR count). The molecule has 3 N–H and O–H groups in total. The van der Waals surface area contributed by atoms with Crippen molar-refractivity contribution >= 4 is 34.5 Å². The predicted octanol–water partition coefficient (Wildman–Crippen LogP) is 4.63. The van der Waals surface area contributed by atoms with Crippen LogP contribution in [-0.2, 0) is 16.0 Å². The van der Waals surface area contributed by atoms with Gasteiger partial charge >= 0.3 is 0 Å². The first-order valence-corrected chi connectivity index (χ1v) is 12.1. The van der Waals surface area contributed by atoms with Gasteiger partial charge in [0.2, 0.25) is 11.8 Å². The highest BCUT2D eigenvalue weighted by molar-refractivity contribution is 7.07. The number of para-hydroxylation sites is 1. The highest BCUT2D eigenvalue weighted by Crippen LogP contribution is 2.33. The van der Waals surface area contributed by atoms with Crippen molar-refractivity contribution in [1.29, 1.82) is 0 Å². The first kappa shape index (κ1) is 22.9. The standard InChI is InChI=1S/C25H27FN4O2S/c26-17-7-6-10-20(13-17)30(23(31)14-19-15-33-16-28-19)24(21-11-4-5-12-22(21)27)25(32)29-18-8-2-1-3-9-18/h4-7,10-13,15-16,18,24H,1-3,8-9,14,27H2,(H,29,32). The van der Waals surface area contributed by atoms with Crippen molar-refractivity contribution in [2.45, 2.75) is 50.6 Å². The number of halogens is 1. The number of rotatable bonds is 7. The molecular weight excluding hydrogens is 439 g/mol. The van der Waals surface area contributed by atoms with Crippen LogP contribution >= 0.6 is 11.3 Å². The van der Waals surface area contributed by atoms with Gasteiger partial charge in [-0.1, -0.05) is 43.5 Å². The van der Waals surface area contributed by atoms with Gasteiger partial charge < -0.3 is 11.1 Å². The lowest BCUT2D eigenvalue weighted by Crippen LogP contribution is -2.48. The van der Waals surface area contributed by atoms with E-state index >= 15 is 0 Å². The molecule has 1 aliphatic rings. The monoisotopic (exact) mass is 466 g/mol. The summed E-state index contributed by atoms with van der Waals surface area (Å²) < 4.78 is 14.2. The number of hydrogen-bond donors (Lipinski definition) is 2. The number of amides is 2. The molecule has 0 spiro atoms. The Kier molecular flexibility index (Phi) is 7.34. The van der Waals surface area contributed by atoms with Crippen LogP contribution in [0.3, 0.4) is 0 Å². The SMILES string of the molecule is Nc1ccccc1C(C(=O)NC1CCCCC1)N(C(=O)Cc1cscn1)c1cccc(F)c1. The van der Waals surface area contributed by atoms with Crippen molar-refractivity contribution in [3.8, 4) is 0 Å². The molecule has 3 aromatic rings. The minimum absolute atomic E-state index is 0.0139. The third-order valence-electron chi connectivity index (χ3n) is 5.92. The fourth-order valence-electron chi connectivity index (χ4n) is 4.31. The molecule has 1 saturated carbocycles. The number of thiazole rings is 1. The molecule has 2 aromatic carbocycles. The van der Waals surface area contributed by atoms with Gasteiger partial charge in [-0.2, -0.15) is 0 Å². The predicted molar refractivity (Wildman–Crippen MR) is 128 cm³/mol. The number of carbonyl (C=O) groups is 2. The van der Waals surface area contributed by atoms with E-state index in [1.807, 2.05) is 0 Å². The maximum Gasteiger partial charge on any atom is 0.248 e. The number of aromatic nitrogens is 1. The Balaban J connectivity index is 1.76. The van der Waals surface area contributed by atoms with Gasteiger partial charge in [-0.05, 0) is 37.1 Å². The van der Waals surface area contributed by atoms with Crippen molar-refractivity contribution in [2.75, 3.05) is 10.6 Å². The lowest BCUT2D eigenvalue weighted by molar-refractivity contribution is -0.127. The second-order valence-electron chi connectivity index (χ2n) is 8.28. The Bertz CT molecular complexity index is 1100. The Hall–Kier alpha value is -3.26. The van der Waals surface area contributed by atoms with Gasteiger partial charge in [-0.15, -0.1) is 11.3 Å². The average Bonchev–Trinajstić information content (AvgIpc) is 3.31. The van der Waals surface area contributed by atoms with Crippen molar-refractivity contribution in [2.24, 2.45) is 0 Å². The molecule has 0 bridgehead atoms. The lowest BCUT2D eigenvalue weighted by atomic mass is 9.94. The summed E-state index contributed by atoms with van der Waals surface area (Å²) in [6.07, 6.45) is 5.05. The van der Waals surface area contributed by atoms with E-state index in [1.165, 1.54) is 34.4 Å². The quantitative estimate of drug-likeness (QED) is 0.497. The molecule has 1 heterocycles. The molecule has 2 amide bonds. The highest BCUT2D eigenvalue weighted by Gasteiger charge is 2.35. The van der Waals surface area contributed by atoms with Crippen molar-refractivity contribution in [3.63, 3.8) is 0 Å². The molecule has 1 fully saturated rings. The van der Waals surface area contributed by atoms with Crippen LogP contribution in [-0.4, -0.2) is 22.8 Å². The van der Waals surface area contributed by atoms with Crippen LogP contribution in [0.25, 0.3) is 0 Å². The third-order valence-corrected chi connectivity index (χ3v) is 6.55. The van der Waals surface area contributed by atoms with Gasteiger partial charge in [0, 0.05) is 28.4 Å². The second kappa shape index (κ2) is 10.6. The molecule has 1 aliphatic carbocycles. The number of nitrogens with zero attached hydrogens (tertiary/aromatic N) is 2. The number of benzene rings is 2. The Morgan fingerprint density at radius 1 is 1.15 bits per heavy atom. The van der Waals surface area contributed by atoms with E-state index in [4.69, 9.17) is 5.73 Å². The Labute approximate surface area is 196 Å². The first-order chi connectivity index (χ1) is 16.0. The third kappa shape index (κ3) is 5.57. The van der Waals surface area contributed by atoms with Crippen LogP contribution in [0, 0.1) is 5.82 Å². The van der Waals surface area contributed by atoms with Crippen LogP contribution in [0.1, 0.15) is 49.4 Å². The lowest BCUT2D eigenvalue weighted by Gasteiger charge is -2.34. The number of anilines is 2. The van der Waals surface area contributed by atoms with Crippen LogP contribution in [0.4, 0.5) is 15.8 Å². The van der Waals surface area contributed by atoms with Crippen molar-refractivity contribution < 1.29 is 14.0 Å². The molecule has 172 valence electrons. The van der Waals surface area contributed by atoms with Crippen molar-refractivity contribution in [1.82, 2.24) is 10.3 Å². The normalized spacial score (nSPS) is 15.1. The molecule has 1 unspecified atom stereocenters. The smallest absolute Gasteiger partial charge is 0.248 e. The summed E-state index contributed by atoms with van der Waals surface area (Å²) in [5.74, 6) is -1.18. The maximum atomic E-state index is 14.2. The zero-order valence-electron chi connectivity index (χ0n) is 18.2. The van der Waals surface area contributed by atoms with E-state index in [0.717, 1.165) is 32.1 Å². The van der Waals surface area contributed by atoms with Crippen LogP contribution < -0.4 is 16.0 Å². The van der Waals surface area contributed by atoms with Gasteiger partial charge in [0.25, 0.3) is 0 Å². The van der Waals surface area contributed by atoms with Crippen molar-refractivity contribution in [3.05, 3.63) is 76.5 Å². The number of nitrogens with two attached hydrogens (primary N) is 1. The molecule has 33 heavy (non-hydrogen) atoms. The largest absolute Gasteiger partial charge is 0.398 e. The summed E-state index contributed by atoms with van der Waals surface area (Å²) in [4.78, 5) is 32.9. The van der Waals surface area contributed by atoms with Crippen LogP contribution in [0.5, 0.6) is 0 Å². The Morgan fingerprint density at radius 2 is 1.94 bits per heavy atom. The van der Waals surface area contributed by atoms with Gasteiger partial charge in [0.1, 0.15) is 11.9 Å². The summed E-state index contributed by atoms with van der Waals surface area (Å²) in [5, 5.41) is 4.91. The highest BCUT2D eigenvalue weighted by atomic mass is 32.1. The number of hydrogen-bond acceptors (Lipinski definition) is 5. The molecule has 1 aromatic heterocycles.